The molecule has 0 bridgehead atoms. The Bertz CT molecular complexity index is 753. The largest absolute Gasteiger partial charge is 0.399 e. The predicted molar refractivity (Wildman–Crippen MR) is 84.5 cm³/mol. The molecule has 0 spiro atoms. The summed E-state index contributed by atoms with van der Waals surface area (Å²) in [7, 11) is 3.84. The van der Waals surface area contributed by atoms with Crippen molar-refractivity contribution < 1.29 is 0 Å². The van der Waals surface area contributed by atoms with Crippen LogP contribution in [0.4, 0.5) is 11.6 Å². The van der Waals surface area contributed by atoms with Crippen LogP contribution in [0.5, 0.6) is 0 Å². The van der Waals surface area contributed by atoms with E-state index in [1.165, 1.54) is 11.8 Å². The van der Waals surface area contributed by atoms with Crippen molar-refractivity contribution in [3.8, 4) is 0 Å². The molecular weight excluding hydrogens is 290 g/mol. The summed E-state index contributed by atoms with van der Waals surface area (Å²) in [5.41, 5.74) is 7.51. The van der Waals surface area contributed by atoms with Gasteiger partial charge in [0.1, 0.15) is 5.03 Å². The SMILES string of the molecule is CN(C)c1nccc(Sc2nc3ccc(N)cc3s2)n1. The third-order valence-electron chi connectivity index (χ3n) is 2.60. The van der Waals surface area contributed by atoms with Crippen LogP contribution < -0.4 is 10.6 Å². The summed E-state index contributed by atoms with van der Waals surface area (Å²) in [5, 5.41) is 0.885. The maximum atomic E-state index is 5.78. The van der Waals surface area contributed by atoms with Crippen LogP contribution in [0.15, 0.2) is 39.8 Å². The van der Waals surface area contributed by atoms with E-state index in [2.05, 4.69) is 15.0 Å². The average molecular weight is 303 g/mol. The Labute approximate surface area is 124 Å². The molecule has 7 heteroatoms. The standard InChI is InChI=1S/C13H13N5S2/c1-18(2)12-15-6-5-11(17-12)20-13-16-9-4-3-8(14)7-10(9)19-13/h3-7H,14H2,1-2H3. The summed E-state index contributed by atoms with van der Waals surface area (Å²) in [4.78, 5) is 15.1. The molecule has 102 valence electrons. The van der Waals surface area contributed by atoms with Crippen molar-refractivity contribution >= 4 is 45.0 Å². The van der Waals surface area contributed by atoms with Crippen LogP contribution in [0, 0.1) is 0 Å². The fraction of sp³-hybridized carbons (Fsp3) is 0.154. The average Bonchev–Trinajstić information content (AvgIpc) is 2.80. The number of aromatic nitrogens is 3. The number of fused-ring (bicyclic) bond motifs is 1. The van der Waals surface area contributed by atoms with Gasteiger partial charge < -0.3 is 10.6 Å². The topological polar surface area (TPSA) is 67.9 Å². The molecule has 3 aromatic rings. The van der Waals surface area contributed by atoms with Gasteiger partial charge in [0.15, 0.2) is 4.34 Å². The third kappa shape index (κ3) is 2.68. The second-order valence-corrected chi connectivity index (χ2v) is 6.70. The van der Waals surface area contributed by atoms with E-state index >= 15 is 0 Å². The second kappa shape index (κ2) is 5.26. The number of thiazole rings is 1. The van der Waals surface area contributed by atoms with Crippen molar-refractivity contribution in [2.75, 3.05) is 24.7 Å². The highest BCUT2D eigenvalue weighted by Crippen LogP contribution is 2.34. The molecule has 0 radical (unpaired) electrons. The summed E-state index contributed by atoms with van der Waals surface area (Å²) in [5.74, 6) is 0.695. The van der Waals surface area contributed by atoms with E-state index < -0.39 is 0 Å². The number of nitrogens with zero attached hydrogens (tertiary/aromatic N) is 4. The number of hydrogen-bond acceptors (Lipinski definition) is 7. The van der Waals surface area contributed by atoms with Gasteiger partial charge in [-0.05, 0) is 36.0 Å². The van der Waals surface area contributed by atoms with Crippen molar-refractivity contribution in [2.45, 2.75) is 9.37 Å². The van der Waals surface area contributed by atoms with E-state index in [1.54, 1.807) is 17.5 Å². The van der Waals surface area contributed by atoms with Crippen LogP contribution in [-0.4, -0.2) is 29.0 Å². The first-order chi connectivity index (χ1) is 9.61. The fourth-order valence-electron chi connectivity index (χ4n) is 1.66. The summed E-state index contributed by atoms with van der Waals surface area (Å²) in [6, 6.07) is 7.64. The van der Waals surface area contributed by atoms with Gasteiger partial charge in [-0.1, -0.05) is 0 Å². The van der Waals surface area contributed by atoms with E-state index in [9.17, 15) is 0 Å². The van der Waals surface area contributed by atoms with Gasteiger partial charge >= 0.3 is 0 Å². The van der Waals surface area contributed by atoms with Crippen molar-refractivity contribution in [3.63, 3.8) is 0 Å². The van der Waals surface area contributed by atoms with Crippen LogP contribution >= 0.6 is 23.1 Å². The molecule has 2 aromatic heterocycles. The third-order valence-corrected chi connectivity index (χ3v) is 4.62. The van der Waals surface area contributed by atoms with Crippen LogP contribution in [0.2, 0.25) is 0 Å². The van der Waals surface area contributed by atoms with Gasteiger partial charge in [0.25, 0.3) is 0 Å². The highest BCUT2D eigenvalue weighted by molar-refractivity contribution is 8.01. The summed E-state index contributed by atoms with van der Waals surface area (Å²) in [6.45, 7) is 0. The summed E-state index contributed by atoms with van der Waals surface area (Å²) in [6.07, 6.45) is 1.76. The van der Waals surface area contributed by atoms with E-state index in [0.717, 1.165) is 25.3 Å². The van der Waals surface area contributed by atoms with Crippen molar-refractivity contribution in [3.05, 3.63) is 30.5 Å². The molecule has 3 rings (SSSR count). The lowest BCUT2D eigenvalue weighted by atomic mass is 10.3. The Balaban J connectivity index is 1.90. The van der Waals surface area contributed by atoms with Gasteiger partial charge in [-0.25, -0.2) is 15.0 Å². The maximum absolute atomic E-state index is 5.78. The molecule has 0 unspecified atom stereocenters. The first-order valence-electron chi connectivity index (χ1n) is 5.96. The second-order valence-electron chi connectivity index (χ2n) is 4.40. The van der Waals surface area contributed by atoms with Gasteiger partial charge in [0.05, 0.1) is 10.2 Å². The summed E-state index contributed by atoms with van der Waals surface area (Å²) < 4.78 is 2.04. The number of nitrogens with two attached hydrogens (primary N) is 1. The van der Waals surface area contributed by atoms with E-state index in [-0.39, 0.29) is 0 Å². The van der Waals surface area contributed by atoms with Gasteiger partial charge in [-0.3, -0.25) is 0 Å². The zero-order valence-electron chi connectivity index (χ0n) is 11.1. The molecule has 0 atom stereocenters. The Morgan fingerprint density at radius 2 is 2.05 bits per heavy atom. The molecule has 2 heterocycles. The number of benzene rings is 1. The van der Waals surface area contributed by atoms with Crippen LogP contribution in [-0.2, 0) is 0 Å². The first-order valence-corrected chi connectivity index (χ1v) is 7.59. The monoisotopic (exact) mass is 303 g/mol. The van der Waals surface area contributed by atoms with E-state index in [4.69, 9.17) is 5.73 Å². The smallest absolute Gasteiger partial charge is 0.225 e. The molecule has 20 heavy (non-hydrogen) atoms. The molecule has 5 nitrogen and oxygen atoms in total. The van der Waals surface area contributed by atoms with Gasteiger partial charge in [-0.15, -0.1) is 11.3 Å². The van der Waals surface area contributed by atoms with Gasteiger partial charge in [0, 0.05) is 26.0 Å². The Morgan fingerprint density at radius 1 is 1.20 bits per heavy atom. The molecule has 0 amide bonds. The molecule has 0 saturated heterocycles. The fourth-order valence-corrected chi connectivity index (χ4v) is 3.67. The first kappa shape index (κ1) is 13.1. The van der Waals surface area contributed by atoms with Crippen LogP contribution in [0.1, 0.15) is 0 Å². The Kier molecular flexibility index (Phi) is 3.45. The zero-order valence-corrected chi connectivity index (χ0v) is 12.7. The Hall–Kier alpha value is -1.86. The minimum atomic E-state index is 0.695. The quantitative estimate of drug-likeness (QED) is 0.593. The zero-order chi connectivity index (χ0) is 14.1. The number of hydrogen-bond donors (Lipinski definition) is 1. The van der Waals surface area contributed by atoms with E-state index in [0.29, 0.717) is 5.95 Å². The van der Waals surface area contributed by atoms with E-state index in [1.807, 2.05) is 43.3 Å². The molecule has 0 aliphatic heterocycles. The molecule has 0 fully saturated rings. The molecule has 2 N–H and O–H groups in total. The molecule has 1 aromatic carbocycles. The molecule has 0 aliphatic rings. The lowest BCUT2D eigenvalue weighted by Crippen LogP contribution is -2.12. The highest BCUT2D eigenvalue weighted by Gasteiger charge is 2.08. The van der Waals surface area contributed by atoms with Crippen LogP contribution in [0.3, 0.4) is 0 Å². The van der Waals surface area contributed by atoms with Crippen LogP contribution in [0.25, 0.3) is 10.2 Å². The minimum Gasteiger partial charge on any atom is -0.399 e. The minimum absolute atomic E-state index is 0.695. The van der Waals surface area contributed by atoms with Gasteiger partial charge in [0.2, 0.25) is 5.95 Å². The number of rotatable bonds is 3. The Morgan fingerprint density at radius 3 is 2.85 bits per heavy atom. The van der Waals surface area contributed by atoms with Gasteiger partial charge in [-0.2, -0.15) is 0 Å². The summed E-state index contributed by atoms with van der Waals surface area (Å²) >= 11 is 3.16. The van der Waals surface area contributed by atoms with Crippen molar-refractivity contribution in [1.82, 2.24) is 15.0 Å². The van der Waals surface area contributed by atoms with Crippen molar-refractivity contribution in [1.29, 1.82) is 0 Å². The molecule has 0 aliphatic carbocycles. The predicted octanol–water partition coefficient (Wildman–Crippen LogP) is 2.89. The highest BCUT2D eigenvalue weighted by atomic mass is 32.2. The normalized spacial score (nSPS) is 10.9. The lowest BCUT2D eigenvalue weighted by Gasteiger charge is -2.09. The van der Waals surface area contributed by atoms with Crippen molar-refractivity contribution in [2.24, 2.45) is 0 Å². The lowest BCUT2D eigenvalue weighted by molar-refractivity contribution is 0.949. The molecule has 0 saturated carbocycles. The number of anilines is 2. The maximum Gasteiger partial charge on any atom is 0.225 e. The number of nitrogen functional groups attached to an aromatic ring is 1. The molecular formula is C13H13N5S2.